The molecule has 1 unspecified atom stereocenters. The second-order valence-electron chi connectivity index (χ2n) is 6.39. The fourth-order valence-electron chi connectivity index (χ4n) is 3.36. The summed E-state index contributed by atoms with van der Waals surface area (Å²) in [5.41, 5.74) is 5.29. The molecule has 148 valence electrons. The molecule has 1 saturated heterocycles. The van der Waals surface area contributed by atoms with Crippen molar-refractivity contribution >= 4 is 28.9 Å². The highest BCUT2D eigenvalue weighted by molar-refractivity contribution is 6.30. The molecule has 1 aliphatic heterocycles. The topological polar surface area (TPSA) is 92.7 Å². The Morgan fingerprint density at radius 3 is 2.11 bits per heavy atom. The van der Waals surface area contributed by atoms with E-state index in [-0.39, 0.29) is 18.8 Å². The molecule has 1 heterocycles. The number of primary amides is 1. The van der Waals surface area contributed by atoms with Crippen molar-refractivity contribution < 1.29 is 18.5 Å². The summed E-state index contributed by atoms with van der Waals surface area (Å²) in [4.78, 5) is 25.2. The van der Waals surface area contributed by atoms with Gasteiger partial charge in [-0.2, -0.15) is 0 Å². The lowest BCUT2D eigenvalue weighted by molar-refractivity contribution is -0.385. The molecule has 2 aromatic carbocycles. The molecule has 0 radical (unpaired) electrons. The van der Waals surface area contributed by atoms with Crippen molar-refractivity contribution in [2.45, 2.75) is 6.04 Å². The van der Waals surface area contributed by atoms with Crippen LogP contribution in [0.4, 0.5) is 20.2 Å². The molecule has 0 aromatic heterocycles. The maximum Gasteiger partial charge on any atom is 0.275 e. The van der Waals surface area contributed by atoms with Gasteiger partial charge >= 0.3 is 0 Å². The van der Waals surface area contributed by atoms with Gasteiger partial charge in [-0.25, -0.2) is 8.78 Å². The fourth-order valence-corrected chi connectivity index (χ4v) is 3.49. The Balaban J connectivity index is 1.77. The average molecular weight is 411 g/mol. The summed E-state index contributed by atoms with van der Waals surface area (Å²) in [6, 6.07) is 7.44. The summed E-state index contributed by atoms with van der Waals surface area (Å²) in [5.74, 6) is -2.53. The van der Waals surface area contributed by atoms with Gasteiger partial charge in [0.2, 0.25) is 5.91 Å². The number of halogens is 3. The quantitative estimate of drug-likeness (QED) is 0.604. The van der Waals surface area contributed by atoms with Crippen molar-refractivity contribution in [2.24, 2.45) is 5.73 Å². The SMILES string of the molecule is NC(=O)C(c1ccc(Cl)cc1)N1CCN(c2c(F)cc([N+](=O)[O-])cc2F)CC1. The Hall–Kier alpha value is -2.78. The fraction of sp³-hybridized carbons (Fsp3) is 0.278. The monoisotopic (exact) mass is 410 g/mol. The Morgan fingerprint density at radius 2 is 1.64 bits per heavy atom. The predicted octanol–water partition coefficient (Wildman–Crippen LogP) is 2.88. The van der Waals surface area contributed by atoms with E-state index in [4.69, 9.17) is 17.3 Å². The molecule has 1 amide bonds. The summed E-state index contributed by atoms with van der Waals surface area (Å²) in [5, 5.41) is 11.3. The number of piperazine rings is 1. The lowest BCUT2D eigenvalue weighted by Crippen LogP contribution is -2.50. The highest BCUT2D eigenvalue weighted by Crippen LogP contribution is 2.30. The molecule has 2 aromatic rings. The number of carbonyl (C=O) groups is 1. The lowest BCUT2D eigenvalue weighted by Gasteiger charge is -2.39. The molecule has 0 spiro atoms. The Morgan fingerprint density at radius 1 is 1.11 bits per heavy atom. The molecule has 1 aliphatic rings. The van der Waals surface area contributed by atoms with Crippen LogP contribution in [-0.2, 0) is 4.79 Å². The summed E-state index contributed by atoms with van der Waals surface area (Å²) in [6.45, 7) is 1.10. The third-order valence-corrected chi connectivity index (χ3v) is 4.92. The zero-order valence-corrected chi connectivity index (χ0v) is 15.4. The van der Waals surface area contributed by atoms with Gasteiger partial charge in [-0.3, -0.25) is 19.8 Å². The number of anilines is 1. The molecule has 2 N–H and O–H groups in total. The first kappa shape index (κ1) is 20.0. The van der Waals surface area contributed by atoms with Gasteiger partial charge in [0.05, 0.1) is 17.1 Å². The first-order valence-electron chi connectivity index (χ1n) is 8.45. The summed E-state index contributed by atoms with van der Waals surface area (Å²) >= 11 is 5.88. The number of nitro groups is 1. The van der Waals surface area contributed by atoms with Crippen LogP contribution >= 0.6 is 11.6 Å². The third-order valence-electron chi connectivity index (χ3n) is 4.66. The summed E-state index contributed by atoms with van der Waals surface area (Å²) in [7, 11) is 0. The van der Waals surface area contributed by atoms with E-state index in [2.05, 4.69) is 0 Å². The van der Waals surface area contributed by atoms with Crippen LogP contribution in [0.25, 0.3) is 0 Å². The molecule has 1 atom stereocenters. The Kier molecular flexibility index (Phi) is 5.76. The van der Waals surface area contributed by atoms with Gasteiger partial charge in [0.15, 0.2) is 11.6 Å². The van der Waals surface area contributed by atoms with E-state index in [1.54, 1.807) is 24.3 Å². The van der Waals surface area contributed by atoms with Crippen LogP contribution in [0.2, 0.25) is 5.02 Å². The summed E-state index contributed by atoms with van der Waals surface area (Å²) < 4.78 is 28.5. The van der Waals surface area contributed by atoms with Crippen LogP contribution < -0.4 is 10.6 Å². The number of carbonyl (C=O) groups excluding carboxylic acids is 1. The van der Waals surface area contributed by atoms with Gasteiger partial charge in [0.1, 0.15) is 11.7 Å². The predicted molar refractivity (Wildman–Crippen MR) is 100 cm³/mol. The van der Waals surface area contributed by atoms with Crippen LogP contribution in [0.15, 0.2) is 36.4 Å². The number of nitro benzene ring substituents is 1. The van der Waals surface area contributed by atoms with Gasteiger partial charge < -0.3 is 10.6 Å². The van der Waals surface area contributed by atoms with E-state index in [0.29, 0.717) is 35.8 Å². The van der Waals surface area contributed by atoms with E-state index in [0.717, 1.165) is 0 Å². The minimum atomic E-state index is -0.996. The smallest absolute Gasteiger partial charge is 0.275 e. The van der Waals surface area contributed by atoms with Crippen LogP contribution in [-0.4, -0.2) is 41.9 Å². The second kappa shape index (κ2) is 8.07. The number of amides is 1. The van der Waals surface area contributed by atoms with Gasteiger partial charge in [-0.1, -0.05) is 23.7 Å². The van der Waals surface area contributed by atoms with Crippen molar-refractivity contribution in [3.63, 3.8) is 0 Å². The van der Waals surface area contributed by atoms with Crippen LogP contribution in [0.5, 0.6) is 0 Å². The van der Waals surface area contributed by atoms with Crippen LogP contribution in [0.1, 0.15) is 11.6 Å². The average Bonchev–Trinajstić information content (AvgIpc) is 2.64. The van der Waals surface area contributed by atoms with Crippen molar-refractivity contribution in [1.29, 1.82) is 0 Å². The number of nitrogens with two attached hydrogens (primary N) is 1. The van der Waals surface area contributed by atoms with Gasteiger partial charge in [-0.05, 0) is 17.7 Å². The maximum absolute atomic E-state index is 14.3. The molecule has 0 saturated carbocycles. The molecular weight excluding hydrogens is 394 g/mol. The minimum absolute atomic E-state index is 0.225. The molecule has 7 nitrogen and oxygen atoms in total. The van der Waals surface area contributed by atoms with E-state index in [1.807, 2.05) is 4.90 Å². The van der Waals surface area contributed by atoms with Crippen molar-refractivity contribution in [2.75, 3.05) is 31.1 Å². The Labute approximate surface area is 164 Å². The van der Waals surface area contributed by atoms with Crippen molar-refractivity contribution in [1.82, 2.24) is 4.90 Å². The third kappa shape index (κ3) is 4.05. The number of rotatable bonds is 5. The summed E-state index contributed by atoms with van der Waals surface area (Å²) in [6.07, 6.45) is 0. The van der Waals surface area contributed by atoms with Crippen LogP contribution in [0, 0.1) is 21.7 Å². The van der Waals surface area contributed by atoms with Gasteiger partial charge in [0.25, 0.3) is 5.69 Å². The number of hydrogen-bond donors (Lipinski definition) is 1. The van der Waals surface area contributed by atoms with Crippen LogP contribution in [0.3, 0.4) is 0 Å². The first-order chi connectivity index (χ1) is 13.3. The highest BCUT2D eigenvalue weighted by Gasteiger charge is 2.31. The van der Waals surface area contributed by atoms with Crippen molar-refractivity contribution in [3.8, 4) is 0 Å². The standard InChI is InChI=1S/C18H17ClF2N4O3/c19-12-3-1-11(2-4-12)16(18(22)26)23-5-7-24(8-6-23)17-14(20)9-13(25(27)28)10-15(17)21/h1-4,9-10,16H,5-8H2,(H2,22,26). The zero-order valence-electron chi connectivity index (χ0n) is 14.6. The molecule has 3 rings (SSSR count). The van der Waals surface area contributed by atoms with E-state index >= 15 is 0 Å². The molecule has 0 aliphatic carbocycles. The van der Waals surface area contributed by atoms with E-state index in [1.165, 1.54) is 4.90 Å². The molecular formula is C18H17ClF2N4O3. The minimum Gasteiger partial charge on any atom is -0.368 e. The second-order valence-corrected chi connectivity index (χ2v) is 6.83. The molecule has 0 bridgehead atoms. The largest absolute Gasteiger partial charge is 0.368 e. The lowest BCUT2D eigenvalue weighted by atomic mass is 10.0. The maximum atomic E-state index is 14.3. The molecule has 1 fully saturated rings. The Bertz CT molecular complexity index is 879. The van der Waals surface area contributed by atoms with Crippen molar-refractivity contribution in [3.05, 3.63) is 68.7 Å². The number of benzene rings is 2. The molecule has 28 heavy (non-hydrogen) atoms. The zero-order chi connectivity index (χ0) is 20.4. The highest BCUT2D eigenvalue weighted by atomic mass is 35.5. The van der Waals surface area contributed by atoms with E-state index < -0.39 is 34.2 Å². The number of nitrogens with zero attached hydrogens (tertiary/aromatic N) is 3. The van der Waals surface area contributed by atoms with Gasteiger partial charge in [-0.15, -0.1) is 0 Å². The number of hydrogen-bond acceptors (Lipinski definition) is 5. The van der Waals surface area contributed by atoms with E-state index in [9.17, 15) is 23.7 Å². The first-order valence-corrected chi connectivity index (χ1v) is 8.83. The molecule has 10 heteroatoms. The normalized spacial score (nSPS) is 16.0. The number of non-ortho nitro benzene ring substituents is 1. The van der Waals surface area contributed by atoms with Gasteiger partial charge in [0, 0.05) is 31.2 Å².